The lowest BCUT2D eigenvalue weighted by Gasteiger charge is -2.32. The summed E-state index contributed by atoms with van der Waals surface area (Å²) in [6.45, 7) is 6.29. The lowest BCUT2D eigenvalue weighted by Crippen LogP contribution is -2.42. The summed E-state index contributed by atoms with van der Waals surface area (Å²) in [5.41, 5.74) is 1.29. The minimum Gasteiger partial charge on any atom is -0.467 e. The maximum absolute atomic E-state index is 12.8. The highest BCUT2D eigenvalue weighted by Gasteiger charge is 2.30. The van der Waals surface area contributed by atoms with E-state index in [2.05, 4.69) is 17.1 Å². The molecule has 9 nitrogen and oxygen atoms in total. The zero-order valence-electron chi connectivity index (χ0n) is 23.7. The van der Waals surface area contributed by atoms with Crippen LogP contribution in [0.1, 0.15) is 83.1 Å². The van der Waals surface area contributed by atoms with E-state index in [9.17, 15) is 18.3 Å². The van der Waals surface area contributed by atoms with Gasteiger partial charge in [0.1, 0.15) is 6.10 Å². The Hall–Kier alpha value is -1.95. The van der Waals surface area contributed by atoms with E-state index in [1.807, 2.05) is 6.07 Å². The van der Waals surface area contributed by atoms with Crippen LogP contribution in [0.15, 0.2) is 18.2 Å². The van der Waals surface area contributed by atoms with Crippen LogP contribution in [0, 0.1) is 5.92 Å². The van der Waals surface area contributed by atoms with E-state index >= 15 is 0 Å². The van der Waals surface area contributed by atoms with Gasteiger partial charge in [-0.1, -0.05) is 23.8 Å². The summed E-state index contributed by atoms with van der Waals surface area (Å²) >= 11 is 1.55. The van der Waals surface area contributed by atoms with Crippen LogP contribution < -0.4 is 4.74 Å². The Morgan fingerprint density at radius 1 is 1.10 bits per heavy atom. The number of fused-ring (bicyclic) bond motifs is 1. The second-order valence-corrected chi connectivity index (χ2v) is 15.4. The average Bonchev–Trinajstić information content (AvgIpc) is 3.29. The van der Waals surface area contributed by atoms with Crippen LogP contribution >= 0.6 is 11.3 Å². The van der Waals surface area contributed by atoms with Crippen molar-refractivity contribution in [3.63, 3.8) is 0 Å². The van der Waals surface area contributed by atoms with E-state index < -0.39 is 15.6 Å². The fourth-order valence-corrected chi connectivity index (χ4v) is 8.21. The van der Waals surface area contributed by atoms with Gasteiger partial charge in [-0.2, -0.15) is 0 Å². The third-order valence-electron chi connectivity index (χ3n) is 8.54. The predicted molar refractivity (Wildman–Crippen MR) is 156 cm³/mol. The van der Waals surface area contributed by atoms with Crippen LogP contribution in [0.5, 0.6) is 5.19 Å². The van der Waals surface area contributed by atoms with E-state index in [0.717, 1.165) is 35.9 Å². The van der Waals surface area contributed by atoms with Crippen molar-refractivity contribution in [1.29, 1.82) is 0 Å². The number of hydrogen-bond acceptors (Lipinski definition) is 8. The fraction of sp³-hybridized carbons (Fsp3) is 0.724. The van der Waals surface area contributed by atoms with Crippen LogP contribution in [0.3, 0.4) is 0 Å². The maximum Gasteiger partial charge on any atom is 0.409 e. The molecule has 0 unspecified atom stereocenters. The van der Waals surface area contributed by atoms with Gasteiger partial charge in [0, 0.05) is 39.0 Å². The molecule has 5 rings (SSSR count). The highest BCUT2D eigenvalue weighted by Crippen LogP contribution is 2.35. The van der Waals surface area contributed by atoms with Gasteiger partial charge in [0.15, 0.2) is 0 Å². The zero-order chi connectivity index (χ0) is 28.3. The van der Waals surface area contributed by atoms with Crippen LogP contribution in [-0.2, 0) is 14.8 Å². The van der Waals surface area contributed by atoms with Gasteiger partial charge < -0.3 is 19.5 Å². The number of benzene rings is 1. The zero-order valence-corrected chi connectivity index (χ0v) is 25.4. The van der Waals surface area contributed by atoms with Gasteiger partial charge in [0.25, 0.3) is 5.19 Å². The summed E-state index contributed by atoms with van der Waals surface area (Å²) in [6, 6.07) is 6.32. The number of rotatable bonds is 10. The largest absolute Gasteiger partial charge is 0.467 e. The molecule has 1 amide bonds. The summed E-state index contributed by atoms with van der Waals surface area (Å²) in [5, 5.41) is 10.5. The molecule has 40 heavy (non-hydrogen) atoms. The highest BCUT2D eigenvalue weighted by molar-refractivity contribution is 7.89. The van der Waals surface area contributed by atoms with Gasteiger partial charge in [-0.25, -0.2) is 22.5 Å². The van der Waals surface area contributed by atoms with E-state index in [-0.39, 0.29) is 18.0 Å². The van der Waals surface area contributed by atoms with Crippen molar-refractivity contribution in [2.75, 3.05) is 38.5 Å². The highest BCUT2D eigenvalue weighted by atomic mass is 32.2. The van der Waals surface area contributed by atoms with Crippen molar-refractivity contribution in [3.05, 3.63) is 23.8 Å². The Morgan fingerprint density at radius 2 is 1.82 bits per heavy atom. The molecular weight excluding hydrogens is 550 g/mol. The van der Waals surface area contributed by atoms with Crippen LogP contribution in [0.25, 0.3) is 10.2 Å². The molecule has 2 aromatic rings. The Bertz CT molecular complexity index is 1250. The summed E-state index contributed by atoms with van der Waals surface area (Å²) in [7, 11) is -3.30. The smallest absolute Gasteiger partial charge is 0.409 e. The van der Waals surface area contributed by atoms with Crippen molar-refractivity contribution >= 4 is 37.7 Å². The molecule has 2 saturated heterocycles. The Balaban J connectivity index is 1.09. The Morgan fingerprint density at radius 3 is 2.48 bits per heavy atom. The minimum absolute atomic E-state index is 0.0328. The average molecular weight is 594 g/mol. The predicted octanol–water partition coefficient (Wildman–Crippen LogP) is 5.14. The number of piperidine rings is 2. The first kappa shape index (κ1) is 29.5. The lowest BCUT2D eigenvalue weighted by molar-refractivity contribution is 0.0500. The third kappa shape index (κ3) is 7.66. The number of aromatic nitrogens is 1. The van der Waals surface area contributed by atoms with E-state index in [1.54, 1.807) is 34.4 Å². The molecule has 1 N–H and O–H groups in total. The van der Waals surface area contributed by atoms with E-state index in [4.69, 9.17) is 9.47 Å². The van der Waals surface area contributed by atoms with Gasteiger partial charge in [0.05, 0.1) is 28.2 Å². The normalized spacial score (nSPS) is 20.5. The molecule has 3 heterocycles. The monoisotopic (exact) mass is 593 g/mol. The molecule has 3 aliphatic rings. The van der Waals surface area contributed by atoms with Gasteiger partial charge in [0.2, 0.25) is 10.0 Å². The van der Waals surface area contributed by atoms with Gasteiger partial charge >= 0.3 is 6.09 Å². The molecule has 1 saturated carbocycles. The first-order valence-corrected chi connectivity index (χ1v) is 17.2. The molecule has 1 aromatic carbocycles. The number of hydrogen-bond donors (Lipinski definition) is 1. The Labute approximate surface area is 241 Å². The third-order valence-corrected chi connectivity index (χ3v) is 11.4. The van der Waals surface area contributed by atoms with Crippen LogP contribution in [0.2, 0.25) is 0 Å². The van der Waals surface area contributed by atoms with E-state index in [0.29, 0.717) is 62.7 Å². The molecule has 0 atom stereocenters. The number of aliphatic hydroxyl groups is 1. The number of thiazole rings is 1. The lowest BCUT2D eigenvalue weighted by atomic mass is 9.86. The van der Waals surface area contributed by atoms with Crippen molar-refractivity contribution in [2.24, 2.45) is 5.92 Å². The fourth-order valence-electron chi connectivity index (χ4n) is 5.75. The summed E-state index contributed by atoms with van der Waals surface area (Å²) in [6.07, 6.45) is 7.46. The number of ether oxygens (including phenoxy) is 2. The number of carbonyl (C=O) groups excluding carboxylic acids is 1. The summed E-state index contributed by atoms with van der Waals surface area (Å²) in [5.74, 6) is 0.946. The SMILES string of the molecule is CC(C)(O)CCCS(=O)(=O)N1CCC(c2ccc3nc(OC4CCN(C(=O)OCC5CCC5)CC4)sc3c2)CC1. The molecule has 0 radical (unpaired) electrons. The van der Waals surface area contributed by atoms with Crippen LogP contribution in [0.4, 0.5) is 4.79 Å². The molecule has 1 aromatic heterocycles. The standard InChI is InChI=1S/C29H43N3O6S2/c1-29(2,34)13-4-18-40(35,36)32-16-9-22(10-17-32)23-7-8-25-26(19-23)39-27(30-25)38-24-11-14-31(15-12-24)28(33)37-20-21-5-3-6-21/h7-8,19,21-22,24,34H,3-6,9-18,20H2,1-2H3. The maximum atomic E-state index is 12.8. The first-order chi connectivity index (χ1) is 19.1. The molecule has 2 aliphatic heterocycles. The molecular formula is C29H43N3O6S2. The number of likely N-dealkylation sites (tertiary alicyclic amines) is 1. The number of carbonyl (C=O) groups is 1. The summed E-state index contributed by atoms with van der Waals surface area (Å²) in [4.78, 5) is 18.8. The second kappa shape index (κ2) is 12.5. The topological polar surface area (TPSA) is 109 Å². The van der Waals surface area contributed by atoms with Crippen LogP contribution in [-0.4, -0.2) is 84.1 Å². The van der Waals surface area contributed by atoms with Crippen molar-refractivity contribution in [1.82, 2.24) is 14.2 Å². The Kier molecular flexibility index (Phi) is 9.24. The molecule has 3 fully saturated rings. The molecule has 0 spiro atoms. The number of sulfonamides is 1. The quantitative estimate of drug-likeness (QED) is 0.406. The number of nitrogens with zero attached hydrogens (tertiary/aromatic N) is 3. The minimum atomic E-state index is -3.30. The van der Waals surface area contributed by atoms with Crippen molar-refractivity contribution in [3.8, 4) is 5.19 Å². The first-order valence-electron chi connectivity index (χ1n) is 14.7. The van der Waals surface area contributed by atoms with Gasteiger partial charge in [-0.3, -0.25) is 0 Å². The molecule has 1 aliphatic carbocycles. The summed E-state index contributed by atoms with van der Waals surface area (Å²) < 4.78 is 39.9. The van der Waals surface area contributed by atoms with Crippen molar-refractivity contribution < 1.29 is 27.8 Å². The van der Waals surface area contributed by atoms with Crippen molar-refractivity contribution in [2.45, 2.75) is 89.3 Å². The number of amides is 1. The second-order valence-electron chi connectivity index (χ2n) is 12.3. The molecule has 222 valence electrons. The molecule has 0 bridgehead atoms. The molecule has 11 heteroatoms. The van der Waals surface area contributed by atoms with Gasteiger partial charge in [-0.05, 0) is 81.9 Å². The van der Waals surface area contributed by atoms with E-state index in [1.165, 1.54) is 24.8 Å². The van der Waals surface area contributed by atoms with Gasteiger partial charge in [-0.15, -0.1) is 0 Å².